The lowest BCUT2D eigenvalue weighted by Crippen LogP contribution is -2.34. The van der Waals surface area contributed by atoms with Gasteiger partial charge in [-0.3, -0.25) is 9.80 Å². The number of methoxy groups -OCH3 is 3. The summed E-state index contributed by atoms with van der Waals surface area (Å²) in [5.74, 6) is 3.49. The fraction of sp³-hybridized carbons (Fsp3) is 0.295. The van der Waals surface area contributed by atoms with Gasteiger partial charge in [-0.1, -0.05) is 36.4 Å². The molecule has 0 spiro atoms. The second-order valence-corrected chi connectivity index (χ2v) is 13.9. The third kappa shape index (κ3) is 7.40. The molecule has 5 aromatic rings. The molecular formula is C44H46N2O8. The lowest BCUT2D eigenvalue weighted by atomic mass is 9.87. The zero-order valence-electron chi connectivity index (χ0n) is 31.3. The zero-order valence-corrected chi connectivity index (χ0v) is 31.3. The van der Waals surface area contributed by atoms with Crippen LogP contribution < -0.4 is 23.7 Å². The maximum absolute atomic E-state index is 10.7. The molecule has 6 bridgehead atoms. The van der Waals surface area contributed by atoms with E-state index in [9.17, 15) is 9.90 Å². The number of aromatic carboxylic acids is 1. The minimum absolute atomic E-state index is 0.0402. The zero-order chi connectivity index (χ0) is 37.9. The van der Waals surface area contributed by atoms with Crippen LogP contribution in [0.2, 0.25) is 0 Å². The number of phenols is 1. The fourth-order valence-electron chi connectivity index (χ4n) is 7.70. The van der Waals surface area contributed by atoms with E-state index in [1.54, 1.807) is 57.7 Å². The van der Waals surface area contributed by atoms with Crippen LogP contribution >= 0.6 is 0 Å². The highest BCUT2D eigenvalue weighted by molar-refractivity contribution is 5.87. The molecule has 0 aliphatic carbocycles. The third-order valence-corrected chi connectivity index (χ3v) is 10.7. The summed E-state index contributed by atoms with van der Waals surface area (Å²) in [4.78, 5) is 15.0. The maximum atomic E-state index is 10.7. The minimum Gasteiger partial charge on any atom is -0.504 e. The first kappa shape index (κ1) is 36.6. The van der Waals surface area contributed by atoms with Crippen molar-refractivity contribution < 1.29 is 38.7 Å². The highest BCUT2D eigenvalue weighted by Gasteiger charge is 2.34. The van der Waals surface area contributed by atoms with E-state index in [1.165, 1.54) is 16.7 Å². The number of aromatic hydroxyl groups is 1. The maximum Gasteiger partial charge on any atom is 0.335 e. The van der Waals surface area contributed by atoms with Crippen LogP contribution in [0.1, 0.15) is 55.8 Å². The Balaban J connectivity index is 0.000000440. The Morgan fingerprint density at radius 3 is 2.02 bits per heavy atom. The molecule has 0 saturated heterocycles. The summed E-state index contributed by atoms with van der Waals surface area (Å²) in [6.07, 6.45) is 3.25. The summed E-state index contributed by atoms with van der Waals surface area (Å²) in [5.41, 5.74) is 7.26. The van der Waals surface area contributed by atoms with Crippen molar-refractivity contribution in [3.63, 3.8) is 0 Å². The van der Waals surface area contributed by atoms with Crippen LogP contribution in [0, 0.1) is 0 Å². The van der Waals surface area contributed by atoms with Gasteiger partial charge in [0.05, 0.1) is 26.9 Å². The van der Waals surface area contributed by atoms with Crippen molar-refractivity contribution in [1.29, 1.82) is 0 Å². The monoisotopic (exact) mass is 730 g/mol. The van der Waals surface area contributed by atoms with E-state index in [4.69, 9.17) is 28.8 Å². The molecular weight excluding hydrogens is 684 g/mol. The summed E-state index contributed by atoms with van der Waals surface area (Å²) in [7, 11) is 9.33. The average molecular weight is 731 g/mol. The molecule has 4 aliphatic heterocycles. The molecule has 0 saturated carbocycles. The van der Waals surface area contributed by atoms with Gasteiger partial charge in [-0.25, -0.2) is 4.79 Å². The summed E-state index contributed by atoms with van der Waals surface area (Å²) >= 11 is 0. The second-order valence-electron chi connectivity index (χ2n) is 13.9. The van der Waals surface area contributed by atoms with Gasteiger partial charge in [0.25, 0.3) is 0 Å². The first-order valence-corrected chi connectivity index (χ1v) is 18.1. The van der Waals surface area contributed by atoms with Crippen molar-refractivity contribution in [2.45, 2.75) is 37.8 Å². The molecule has 5 aromatic carbocycles. The molecule has 4 aliphatic rings. The van der Waals surface area contributed by atoms with E-state index in [0.29, 0.717) is 52.2 Å². The first-order chi connectivity index (χ1) is 26.2. The Morgan fingerprint density at radius 1 is 0.704 bits per heavy atom. The van der Waals surface area contributed by atoms with Gasteiger partial charge in [0.15, 0.2) is 34.5 Å². The van der Waals surface area contributed by atoms with Crippen LogP contribution in [0.3, 0.4) is 0 Å². The predicted octanol–water partition coefficient (Wildman–Crippen LogP) is 8.24. The number of fused-ring (bicyclic) bond motifs is 2. The molecule has 54 heavy (non-hydrogen) atoms. The highest BCUT2D eigenvalue weighted by Crippen LogP contribution is 2.52. The van der Waals surface area contributed by atoms with Gasteiger partial charge < -0.3 is 33.9 Å². The van der Waals surface area contributed by atoms with Crippen molar-refractivity contribution in [1.82, 2.24) is 9.80 Å². The number of hydrogen-bond donors (Lipinski definition) is 2. The van der Waals surface area contributed by atoms with E-state index in [1.807, 2.05) is 24.3 Å². The first-order valence-electron chi connectivity index (χ1n) is 18.1. The lowest BCUT2D eigenvalue weighted by molar-refractivity contribution is 0.0697. The Kier molecular flexibility index (Phi) is 10.7. The fourth-order valence-corrected chi connectivity index (χ4v) is 7.70. The van der Waals surface area contributed by atoms with Crippen LogP contribution in [0.15, 0.2) is 91.0 Å². The van der Waals surface area contributed by atoms with E-state index < -0.39 is 5.97 Å². The number of carbonyl (C=O) groups is 1. The molecule has 0 aromatic heterocycles. The number of carboxylic acid groups (broad SMARTS) is 1. The number of ether oxygens (including phenoxy) is 5. The van der Waals surface area contributed by atoms with Gasteiger partial charge in [-0.15, -0.1) is 0 Å². The number of nitrogens with zero attached hydrogens (tertiary/aromatic N) is 2. The van der Waals surface area contributed by atoms with Crippen LogP contribution in [-0.4, -0.2) is 74.5 Å². The molecule has 10 heteroatoms. The standard InChI is InChI=1S/C37H40N2O6.C7H6O2/c1-38-14-12-24-19-32(41-3)33-21-27(24)28(38)16-22-6-9-26(10-7-22)44-31-18-23(8-11-30(31)40)17-29-35-25(13-15-39(29)2)20-34(42-4)36(43-5)37(35)45-33;8-7(9)6-4-2-1-3-5-6/h6-11,18-21,28-29,40H,12-17H2,1-5H3;1-5H,(H,8,9). The third-order valence-electron chi connectivity index (χ3n) is 10.7. The minimum atomic E-state index is -0.879. The normalized spacial score (nSPS) is 17.6. The number of phenolic OH excluding ortho intramolecular Hbond substituents is 1. The van der Waals surface area contributed by atoms with E-state index in [-0.39, 0.29) is 17.8 Å². The quantitative estimate of drug-likeness (QED) is 0.188. The summed E-state index contributed by atoms with van der Waals surface area (Å²) in [6.45, 7) is 1.82. The molecule has 0 amide bonds. The number of rotatable bonds is 4. The van der Waals surface area contributed by atoms with Crippen LogP contribution in [0.5, 0.6) is 46.0 Å². The Morgan fingerprint density at radius 2 is 1.35 bits per heavy atom. The van der Waals surface area contributed by atoms with Crippen LogP contribution in [-0.2, 0) is 25.7 Å². The molecule has 0 radical (unpaired) electrons. The molecule has 9 rings (SSSR count). The Hall–Kier alpha value is -5.71. The second kappa shape index (κ2) is 15.7. The molecule has 2 N–H and O–H groups in total. The highest BCUT2D eigenvalue weighted by atomic mass is 16.5. The van der Waals surface area contributed by atoms with Gasteiger partial charge in [0.2, 0.25) is 5.75 Å². The Bertz CT molecular complexity index is 2140. The van der Waals surface area contributed by atoms with Gasteiger partial charge in [0.1, 0.15) is 5.75 Å². The number of benzene rings is 5. The average Bonchev–Trinajstić information content (AvgIpc) is 3.18. The smallest absolute Gasteiger partial charge is 0.335 e. The van der Waals surface area contributed by atoms with E-state index in [2.05, 4.69) is 54.2 Å². The molecule has 10 nitrogen and oxygen atoms in total. The molecule has 280 valence electrons. The van der Waals surface area contributed by atoms with Crippen molar-refractivity contribution in [3.8, 4) is 46.0 Å². The van der Waals surface area contributed by atoms with Crippen LogP contribution in [0.25, 0.3) is 0 Å². The van der Waals surface area contributed by atoms with Gasteiger partial charge in [-0.05, 0) is 122 Å². The number of carboxylic acids is 1. The van der Waals surface area contributed by atoms with Gasteiger partial charge in [-0.2, -0.15) is 0 Å². The summed E-state index contributed by atoms with van der Waals surface area (Å²) in [6, 6.07) is 28.5. The molecule has 2 atom stereocenters. The van der Waals surface area contributed by atoms with E-state index in [0.717, 1.165) is 49.0 Å². The summed E-state index contributed by atoms with van der Waals surface area (Å²) in [5, 5.41) is 19.1. The molecule has 0 fully saturated rings. The van der Waals surface area contributed by atoms with Crippen LogP contribution in [0.4, 0.5) is 0 Å². The largest absolute Gasteiger partial charge is 0.504 e. The van der Waals surface area contributed by atoms with Gasteiger partial charge >= 0.3 is 5.97 Å². The molecule has 4 heterocycles. The summed E-state index contributed by atoms with van der Waals surface area (Å²) < 4.78 is 31.0. The van der Waals surface area contributed by atoms with Crippen molar-refractivity contribution in [2.75, 3.05) is 48.5 Å². The number of hydrogen-bond acceptors (Lipinski definition) is 9. The topological polar surface area (TPSA) is 110 Å². The van der Waals surface area contributed by atoms with Gasteiger partial charge in [0, 0.05) is 30.7 Å². The predicted molar refractivity (Wildman–Crippen MR) is 206 cm³/mol. The Labute approximate surface area is 316 Å². The lowest BCUT2D eigenvalue weighted by Gasteiger charge is -2.37. The van der Waals surface area contributed by atoms with Crippen molar-refractivity contribution in [3.05, 3.63) is 130 Å². The SMILES string of the molecule is COc1cc2c3cc1Oc1c(OC)c(OC)cc4c1C(Cc1ccc(O)c(c1)Oc1ccc(cc1)CC3N(C)CC2)N(C)CC4.O=C(O)c1ccccc1. The van der Waals surface area contributed by atoms with Crippen molar-refractivity contribution in [2.24, 2.45) is 0 Å². The number of likely N-dealkylation sites (N-methyl/N-ethyl adjacent to an activating group) is 2. The van der Waals surface area contributed by atoms with Crippen molar-refractivity contribution >= 4 is 5.97 Å². The van der Waals surface area contributed by atoms with E-state index >= 15 is 0 Å². The molecule has 2 unspecified atom stereocenters.